The van der Waals surface area contributed by atoms with Crippen molar-refractivity contribution in [2.75, 3.05) is 0 Å². The number of thiophene rings is 1. The van der Waals surface area contributed by atoms with Crippen molar-refractivity contribution in [3.63, 3.8) is 0 Å². The van der Waals surface area contributed by atoms with E-state index in [2.05, 4.69) is 5.32 Å². The molecule has 1 heterocycles. The Labute approximate surface area is 167 Å². The number of Topliss-reactive ketones (excluding diaryl/α,β-unsaturated/α-hetero) is 1. The maximum atomic E-state index is 12.4. The predicted octanol–water partition coefficient (Wildman–Crippen LogP) is 4.56. The zero-order valence-electron chi connectivity index (χ0n) is 15.2. The molecule has 0 aliphatic carbocycles. The fraction of sp³-hybridized carbons (Fsp3) is 0.350. The molecule has 0 unspecified atom stereocenters. The van der Waals surface area contributed by atoms with Crippen LogP contribution in [-0.4, -0.2) is 23.8 Å². The van der Waals surface area contributed by atoms with Gasteiger partial charge in [-0.15, -0.1) is 11.3 Å². The Bertz CT molecular complexity index is 789. The topological polar surface area (TPSA) is 72.5 Å². The normalized spacial score (nSPS) is 11.9. The summed E-state index contributed by atoms with van der Waals surface area (Å²) in [6.45, 7) is 3.52. The lowest BCUT2D eigenvalue weighted by Crippen LogP contribution is -2.31. The highest BCUT2D eigenvalue weighted by atomic mass is 35.5. The number of halogens is 1. The average molecular weight is 408 g/mol. The summed E-state index contributed by atoms with van der Waals surface area (Å²) in [7, 11) is 0. The van der Waals surface area contributed by atoms with E-state index in [4.69, 9.17) is 16.3 Å². The molecule has 0 saturated carbocycles. The molecule has 1 atom stereocenters. The third-order valence-corrected chi connectivity index (χ3v) is 4.98. The average Bonchev–Trinajstić information content (AvgIpc) is 3.13. The molecule has 0 saturated heterocycles. The molecule has 2 rings (SSSR count). The number of carbonyl (C=O) groups excluding carboxylic acids is 3. The highest BCUT2D eigenvalue weighted by molar-refractivity contribution is 7.12. The van der Waals surface area contributed by atoms with Crippen molar-refractivity contribution >= 4 is 40.6 Å². The smallest absolute Gasteiger partial charge is 0.308 e. The van der Waals surface area contributed by atoms with Crippen LogP contribution in [0.2, 0.25) is 5.02 Å². The molecule has 144 valence electrons. The molecule has 7 heteroatoms. The number of amides is 1. The van der Waals surface area contributed by atoms with E-state index < -0.39 is 12.0 Å². The van der Waals surface area contributed by atoms with Crippen LogP contribution in [0.15, 0.2) is 41.8 Å². The van der Waals surface area contributed by atoms with E-state index in [1.54, 1.807) is 50.2 Å². The minimum atomic E-state index is -0.616. The fourth-order valence-electron chi connectivity index (χ4n) is 2.53. The van der Waals surface area contributed by atoms with Gasteiger partial charge in [0.1, 0.15) is 0 Å². The van der Waals surface area contributed by atoms with Gasteiger partial charge in [-0.25, -0.2) is 0 Å². The number of hydrogen-bond acceptors (Lipinski definition) is 5. The van der Waals surface area contributed by atoms with E-state index in [0.29, 0.717) is 15.5 Å². The molecule has 0 bridgehead atoms. The Kier molecular flexibility index (Phi) is 8.00. The number of hydrogen-bond donors (Lipinski definition) is 1. The van der Waals surface area contributed by atoms with Gasteiger partial charge in [-0.05, 0) is 36.9 Å². The molecule has 1 aromatic heterocycles. The van der Waals surface area contributed by atoms with Crippen LogP contribution in [0.5, 0.6) is 0 Å². The minimum absolute atomic E-state index is 0.0352. The lowest BCUT2D eigenvalue weighted by molar-refractivity contribution is -0.148. The summed E-state index contributed by atoms with van der Waals surface area (Å²) in [4.78, 5) is 37.1. The first-order chi connectivity index (χ1) is 12.9. The first-order valence-electron chi connectivity index (χ1n) is 8.66. The molecule has 27 heavy (non-hydrogen) atoms. The van der Waals surface area contributed by atoms with Gasteiger partial charge >= 0.3 is 5.97 Å². The molecule has 0 aliphatic rings. The van der Waals surface area contributed by atoms with Gasteiger partial charge in [-0.3, -0.25) is 14.4 Å². The highest BCUT2D eigenvalue weighted by Crippen LogP contribution is 2.26. The van der Waals surface area contributed by atoms with Gasteiger partial charge in [-0.1, -0.05) is 35.9 Å². The SMILES string of the molecule is CC(C)OC(=O)C[C@H](NC(=O)CCC(=O)c1cccs1)c1ccccc1Cl. The molecule has 0 spiro atoms. The van der Waals surface area contributed by atoms with Gasteiger partial charge < -0.3 is 10.1 Å². The number of carbonyl (C=O) groups is 3. The fourth-order valence-corrected chi connectivity index (χ4v) is 3.49. The molecule has 0 radical (unpaired) electrons. The lowest BCUT2D eigenvalue weighted by atomic mass is 10.0. The second kappa shape index (κ2) is 10.2. The minimum Gasteiger partial charge on any atom is -0.463 e. The molecule has 1 amide bonds. The van der Waals surface area contributed by atoms with Crippen molar-refractivity contribution in [3.05, 3.63) is 57.2 Å². The Hall–Kier alpha value is -2.18. The van der Waals surface area contributed by atoms with Crippen LogP contribution in [0, 0.1) is 0 Å². The maximum absolute atomic E-state index is 12.4. The summed E-state index contributed by atoms with van der Waals surface area (Å²) in [6, 6.07) is 9.93. The highest BCUT2D eigenvalue weighted by Gasteiger charge is 2.22. The van der Waals surface area contributed by atoms with Gasteiger partial charge in [0.25, 0.3) is 0 Å². The lowest BCUT2D eigenvalue weighted by Gasteiger charge is -2.20. The van der Waals surface area contributed by atoms with Crippen molar-refractivity contribution in [3.8, 4) is 0 Å². The summed E-state index contributed by atoms with van der Waals surface area (Å²) in [5.41, 5.74) is 0.637. The Morgan fingerprint density at radius 3 is 2.48 bits per heavy atom. The molecular weight excluding hydrogens is 386 g/mol. The monoisotopic (exact) mass is 407 g/mol. The Morgan fingerprint density at radius 1 is 1.11 bits per heavy atom. The molecule has 2 aromatic rings. The first-order valence-corrected chi connectivity index (χ1v) is 9.92. The number of ether oxygens (including phenoxy) is 1. The second-order valence-corrected chi connectivity index (χ2v) is 7.64. The number of rotatable bonds is 9. The van der Waals surface area contributed by atoms with Crippen LogP contribution in [0.25, 0.3) is 0 Å². The van der Waals surface area contributed by atoms with Crippen LogP contribution in [-0.2, 0) is 14.3 Å². The Morgan fingerprint density at radius 2 is 1.85 bits per heavy atom. The summed E-state index contributed by atoms with van der Waals surface area (Å²) < 4.78 is 5.18. The van der Waals surface area contributed by atoms with Gasteiger partial charge in [0.2, 0.25) is 5.91 Å². The molecule has 1 N–H and O–H groups in total. The van der Waals surface area contributed by atoms with E-state index in [1.807, 2.05) is 5.38 Å². The number of benzene rings is 1. The second-order valence-electron chi connectivity index (χ2n) is 6.28. The number of ketones is 1. The summed E-state index contributed by atoms with van der Waals surface area (Å²) in [6.07, 6.45) is -0.134. The Balaban J connectivity index is 2.02. The summed E-state index contributed by atoms with van der Waals surface area (Å²) >= 11 is 7.58. The van der Waals surface area contributed by atoms with Crippen molar-refractivity contribution in [1.29, 1.82) is 0 Å². The molecule has 0 aliphatic heterocycles. The molecule has 5 nitrogen and oxygen atoms in total. The van der Waals surface area contributed by atoms with Crippen LogP contribution in [0.4, 0.5) is 0 Å². The summed E-state index contributed by atoms with van der Waals surface area (Å²) in [5, 5.41) is 5.08. The molecule has 1 aromatic carbocycles. The van der Waals surface area contributed by atoms with Gasteiger partial charge in [0, 0.05) is 17.9 Å². The summed E-state index contributed by atoms with van der Waals surface area (Å²) in [5.74, 6) is -0.819. The van der Waals surface area contributed by atoms with Crippen molar-refractivity contribution in [2.45, 2.75) is 45.3 Å². The van der Waals surface area contributed by atoms with Crippen LogP contribution >= 0.6 is 22.9 Å². The largest absolute Gasteiger partial charge is 0.463 e. The van der Waals surface area contributed by atoms with Crippen molar-refractivity contribution < 1.29 is 19.1 Å². The van der Waals surface area contributed by atoms with E-state index >= 15 is 0 Å². The van der Waals surface area contributed by atoms with Gasteiger partial charge in [0.15, 0.2) is 5.78 Å². The molecular formula is C20H22ClNO4S. The standard InChI is InChI=1S/C20H22ClNO4S/c1-13(2)26-20(25)12-16(14-6-3-4-7-15(14)21)22-19(24)10-9-17(23)18-8-5-11-27-18/h3-8,11,13,16H,9-10,12H2,1-2H3,(H,22,24)/t16-/m0/s1. The van der Waals surface area contributed by atoms with Crippen molar-refractivity contribution in [1.82, 2.24) is 5.32 Å². The zero-order valence-corrected chi connectivity index (χ0v) is 16.8. The van der Waals surface area contributed by atoms with E-state index in [9.17, 15) is 14.4 Å². The number of esters is 1. The van der Waals surface area contributed by atoms with Crippen molar-refractivity contribution in [2.24, 2.45) is 0 Å². The maximum Gasteiger partial charge on any atom is 0.308 e. The van der Waals surface area contributed by atoms with Gasteiger partial charge in [0.05, 0.1) is 23.4 Å². The van der Waals surface area contributed by atoms with Crippen LogP contribution < -0.4 is 5.32 Å². The van der Waals surface area contributed by atoms with E-state index in [-0.39, 0.29) is 37.1 Å². The van der Waals surface area contributed by atoms with Gasteiger partial charge in [-0.2, -0.15) is 0 Å². The van der Waals surface area contributed by atoms with Crippen LogP contribution in [0.1, 0.15) is 54.4 Å². The third kappa shape index (κ3) is 6.81. The third-order valence-electron chi connectivity index (χ3n) is 3.73. The quantitative estimate of drug-likeness (QED) is 0.488. The van der Waals surface area contributed by atoms with E-state index in [0.717, 1.165) is 0 Å². The molecule has 0 fully saturated rings. The first kappa shape index (κ1) is 21.1. The zero-order chi connectivity index (χ0) is 19.8. The van der Waals surface area contributed by atoms with E-state index in [1.165, 1.54) is 11.3 Å². The van der Waals surface area contributed by atoms with Crippen LogP contribution in [0.3, 0.4) is 0 Å². The predicted molar refractivity (Wildman–Crippen MR) is 106 cm³/mol. The number of nitrogens with one attached hydrogen (secondary N) is 1.